The summed E-state index contributed by atoms with van der Waals surface area (Å²) in [6, 6.07) is -0.539. The third-order valence-corrected chi connectivity index (χ3v) is 19.2. The quantitative estimate of drug-likeness (QED) is 0.0320. The molecule has 0 saturated carbocycles. The Morgan fingerprint density at radius 3 is 0.888 bits per heavy atom. The second kappa shape index (κ2) is 78.5. The standard InChI is InChI=1S/C83H159NO5/c1-3-5-7-9-11-13-15-17-19-20-21-41-44-48-51-55-59-63-67-71-75-81(86)80(79-85)84-82(87)76-72-68-64-60-56-52-49-45-42-39-37-35-33-31-29-27-25-23-22-24-26-28-30-32-34-36-38-40-43-46-50-54-58-62-66-70-74-78-89-83(88)77-73-69-65-61-57-53-47-18-16-14-12-10-8-6-4-2/h12,14,18,22,24,47,80-81,85-86H,3-11,13,15-17,19-21,23,25-46,48-79H2,1-2H3,(H,84,87)/b14-12-,24-22-,47-18-. The first kappa shape index (κ1) is 87.1. The molecule has 0 radical (unpaired) electrons. The molecule has 6 nitrogen and oxygen atoms in total. The summed E-state index contributed by atoms with van der Waals surface area (Å²) >= 11 is 0. The second-order valence-corrected chi connectivity index (χ2v) is 28.1. The lowest BCUT2D eigenvalue weighted by atomic mass is 10.0. The van der Waals surface area contributed by atoms with Gasteiger partial charge in [-0.3, -0.25) is 9.59 Å². The number of rotatable bonds is 77. The number of nitrogens with one attached hydrogen (secondary N) is 1. The lowest BCUT2D eigenvalue weighted by Gasteiger charge is -2.22. The van der Waals surface area contributed by atoms with Crippen molar-refractivity contribution in [3.63, 3.8) is 0 Å². The molecule has 6 heteroatoms. The molecule has 0 rings (SSSR count). The topological polar surface area (TPSA) is 95.9 Å². The number of carbonyl (C=O) groups excluding carboxylic acids is 2. The molecule has 0 aromatic carbocycles. The van der Waals surface area contributed by atoms with E-state index in [9.17, 15) is 19.8 Å². The van der Waals surface area contributed by atoms with E-state index in [0.29, 0.717) is 25.9 Å². The Bertz CT molecular complexity index is 1440. The van der Waals surface area contributed by atoms with Gasteiger partial charge in [-0.05, 0) is 83.5 Å². The molecule has 0 aromatic rings. The molecule has 0 aliphatic heterocycles. The van der Waals surface area contributed by atoms with Gasteiger partial charge in [-0.2, -0.15) is 0 Å². The third kappa shape index (κ3) is 75.0. The van der Waals surface area contributed by atoms with Crippen molar-refractivity contribution in [3.8, 4) is 0 Å². The number of hydrogen-bond donors (Lipinski definition) is 3. The van der Waals surface area contributed by atoms with Crippen molar-refractivity contribution in [1.29, 1.82) is 0 Å². The molecule has 0 aliphatic rings. The highest BCUT2D eigenvalue weighted by molar-refractivity contribution is 5.76. The van der Waals surface area contributed by atoms with Crippen LogP contribution in [-0.4, -0.2) is 47.4 Å². The van der Waals surface area contributed by atoms with Crippen LogP contribution in [0, 0.1) is 0 Å². The maximum atomic E-state index is 12.6. The Morgan fingerprint density at radius 2 is 0.562 bits per heavy atom. The maximum absolute atomic E-state index is 12.6. The minimum Gasteiger partial charge on any atom is -0.466 e. The summed E-state index contributed by atoms with van der Waals surface area (Å²) in [7, 11) is 0. The van der Waals surface area contributed by atoms with Crippen molar-refractivity contribution in [2.24, 2.45) is 0 Å². The molecule has 526 valence electrons. The van der Waals surface area contributed by atoms with Gasteiger partial charge in [0.25, 0.3) is 0 Å². The van der Waals surface area contributed by atoms with Crippen LogP contribution in [0.4, 0.5) is 0 Å². The molecule has 2 unspecified atom stereocenters. The minimum absolute atomic E-state index is 0.00805. The average molecular weight is 1250 g/mol. The van der Waals surface area contributed by atoms with Crippen molar-refractivity contribution in [2.75, 3.05) is 13.2 Å². The number of aliphatic hydroxyl groups excluding tert-OH is 2. The van der Waals surface area contributed by atoms with E-state index < -0.39 is 12.1 Å². The van der Waals surface area contributed by atoms with Gasteiger partial charge in [-0.1, -0.05) is 397 Å². The Balaban J connectivity index is 3.34. The van der Waals surface area contributed by atoms with E-state index in [4.69, 9.17) is 4.74 Å². The summed E-state index contributed by atoms with van der Waals surface area (Å²) in [4.78, 5) is 24.6. The van der Waals surface area contributed by atoms with E-state index in [-0.39, 0.29) is 18.5 Å². The van der Waals surface area contributed by atoms with Crippen LogP contribution >= 0.6 is 0 Å². The van der Waals surface area contributed by atoms with Crippen LogP contribution in [0.2, 0.25) is 0 Å². The number of esters is 1. The van der Waals surface area contributed by atoms with E-state index in [1.54, 1.807) is 0 Å². The predicted molar refractivity (Wildman–Crippen MR) is 393 cm³/mol. The molecule has 0 saturated heterocycles. The molecule has 2 atom stereocenters. The zero-order valence-corrected chi connectivity index (χ0v) is 60.4. The first-order chi connectivity index (χ1) is 44.0. The Kier molecular flexibility index (Phi) is 76.8. The number of allylic oxidation sites excluding steroid dienone is 6. The number of amides is 1. The van der Waals surface area contributed by atoms with Gasteiger partial charge < -0.3 is 20.3 Å². The van der Waals surface area contributed by atoms with Crippen LogP contribution < -0.4 is 5.32 Å². The fourth-order valence-corrected chi connectivity index (χ4v) is 13.0. The molecule has 0 heterocycles. The minimum atomic E-state index is -0.662. The molecule has 0 bridgehead atoms. The Labute approximate surface area is 557 Å². The summed E-state index contributed by atoms with van der Waals surface area (Å²) in [6.45, 7) is 4.97. The average Bonchev–Trinajstić information content (AvgIpc) is 3.63. The molecule has 0 fully saturated rings. The highest BCUT2D eigenvalue weighted by Gasteiger charge is 2.20. The fourth-order valence-electron chi connectivity index (χ4n) is 13.0. The first-order valence-corrected chi connectivity index (χ1v) is 40.7. The van der Waals surface area contributed by atoms with Crippen LogP contribution in [0.5, 0.6) is 0 Å². The number of unbranched alkanes of at least 4 members (excludes halogenated alkanes) is 60. The van der Waals surface area contributed by atoms with Crippen LogP contribution in [0.25, 0.3) is 0 Å². The normalized spacial score (nSPS) is 12.6. The first-order valence-electron chi connectivity index (χ1n) is 40.7. The molecular formula is C83H159NO5. The molecule has 0 aliphatic carbocycles. The van der Waals surface area contributed by atoms with Crippen LogP contribution in [0.3, 0.4) is 0 Å². The van der Waals surface area contributed by atoms with Crippen molar-refractivity contribution in [3.05, 3.63) is 36.5 Å². The highest BCUT2D eigenvalue weighted by atomic mass is 16.5. The third-order valence-electron chi connectivity index (χ3n) is 19.2. The largest absolute Gasteiger partial charge is 0.466 e. The van der Waals surface area contributed by atoms with Gasteiger partial charge in [0.05, 0.1) is 25.4 Å². The van der Waals surface area contributed by atoms with Crippen molar-refractivity contribution >= 4 is 11.9 Å². The summed E-state index contributed by atoms with van der Waals surface area (Å²) < 4.78 is 5.49. The SMILES string of the molecule is CCCCC/C=C\C/C=C\CCCCCCCC(=O)OCCCCCCCCCCCCCCCCCC/C=C\CCCCCCCCCCCCCCCCCCCC(=O)NC(CO)C(O)CCCCCCCCCCCCCCCCCCCCCC. The summed E-state index contributed by atoms with van der Waals surface area (Å²) in [5.74, 6) is -0.0180. The van der Waals surface area contributed by atoms with E-state index in [0.717, 1.165) is 51.4 Å². The Morgan fingerprint density at radius 1 is 0.315 bits per heavy atom. The van der Waals surface area contributed by atoms with Gasteiger partial charge in [0.2, 0.25) is 5.91 Å². The van der Waals surface area contributed by atoms with Gasteiger partial charge in [0.1, 0.15) is 0 Å². The molecule has 89 heavy (non-hydrogen) atoms. The molecule has 0 spiro atoms. The molecule has 1 amide bonds. The van der Waals surface area contributed by atoms with Crippen LogP contribution in [0.1, 0.15) is 457 Å². The zero-order chi connectivity index (χ0) is 64.2. The lowest BCUT2D eigenvalue weighted by Crippen LogP contribution is -2.45. The van der Waals surface area contributed by atoms with Crippen LogP contribution in [0.15, 0.2) is 36.5 Å². The van der Waals surface area contributed by atoms with Gasteiger partial charge in [-0.25, -0.2) is 0 Å². The van der Waals surface area contributed by atoms with Crippen molar-refractivity contribution in [2.45, 2.75) is 469 Å². The zero-order valence-electron chi connectivity index (χ0n) is 60.4. The molecular weight excluding hydrogens is 1090 g/mol. The highest BCUT2D eigenvalue weighted by Crippen LogP contribution is 2.20. The summed E-state index contributed by atoms with van der Waals surface area (Å²) in [6.07, 6.45) is 103. The molecule has 0 aromatic heterocycles. The lowest BCUT2D eigenvalue weighted by molar-refractivity contribution is -0.143. The summed E-state index contributed by atoms with van der Waals surface area (Å²) in [5, 5.41) is 23.4. The second-order valence-electron chi connectivity index (χ2n) is 28.1. The number of carbonyl (C=O) groups is 2. The smallest absolute Gasteiger partial charge is 0.305 e. The number of hydrogen-bond acceptors (Lipinski definition) is 5. The van der Waals surface area contributed by atoms with Crippen molar-refractivity contribution < 1.29 is 24.5 Å². The van der Waals surface area contributed by atoms with E-state index in [1.165, 1.54) is 372 Å². The maximum Gasteiger partial charge on any atom is 0.305 e. The predicted octanol–water partition coefficient (Wildman–Crippen LogP) is 27.0. The van der Waals surface area contributed by atoms with E-state index >= 15 is 0 Å². The van der Waals surface area contributed by atoms with Gasteiger partial charge in [-0.15, -0.1) is 0 Å². The Hall–Kier alpha value is -1.92. The molecule has 3 N–H and O–H groups in total. The fraction of sp³-hybridized carbons (Fsp3) is 0.904. The van der Waals surface area contributed by atoms with Gasteiger partial charge in [0.15, 0.2) is 0 Å². The summed E-state index contributed by atoms with van der Waals surface area (Å²) in [5.41, 5.74) is 0. The van der Waals surface area contributed by atoms with Gasteiger partial charge in [0, 0.05) is 12.8 Å². The van der Waals surface area contributed by atoms with Gasteiger partial charge >= 0.3 is 5.97 Å². The number of ether oxygens (including phenoxy) is 1. The van der Waals surface area contributed by atoms with Crippen molar-refractivity contribution in [1.82, 2.24) is 5.32 Å². The van der Waals surface area contributed by atoms with E-state index in [1.807, 2.05) is 0 Å². The number of aliphatic hydroxyl groups is 2. The van der Waals surface area contributed by atoms with Crippen LogP contribution in [-0.2, 0) is 14.3 Å². The monoisotopic (exact) mass is 1250 g/mol. The van der Waals surface area contributed by atoms with E-state index in [2.05, 4.69) is 55.6 Å².